The van der Waals surface area contributed by atoms with Crippen LogP contribution in [0.1, 0.15) is 122 Å². The summed E-state index contributed by atoms with van der Waals surface area (Å²) in [4.78, 5) is 0. The van der Waals surface area contributed by atoms with Gasteiger partial charge < -0.3 is 5.11 Å². The van der Waals surface area contributed by atoms with Crippen molar-refractivity contribution < 1.29 is 5.11 Å². The molecule has 1 rings (SSSR count). The zero-order chi connectivity index (χ0) is 18.7. The lowest BCUT2D eigenvalue weighted by Gasteiger charge is -2.04. The average molecular weight is 361 g/mol. The zero-order valence-electron chi connectivity index (χ0n) is 17.5. The largest absolute Gasteiger partial charge is 0.508 e. The van der Waals surface area contributed by atoms with E-state index >= 15 is 0 Å². The van der Waals surface area contributed by atoms with E-state index in [9.17, 15) is 5.11 Å². The molecule has 0 heterocycles. The number of aryl methyl sites for hydroxylation is 1. The quantitative estimate of drug-likeness (QED) is 0.260. The van der Waals surface area contributed by atoms with Gasteiger partial charge >= 0.3 is 0 Å². The Morgan fingerprint density at radius 2 is 0.846 bits per heavy atom. The van der Waals surface area contributed by atoms with Crippen LogP contribution in [-0.4, -0.2) is 5.11 Å². The number of unbranched alkanes of at least 4 members (excludes halogenated alkanes) is 16. The van der Waals surface area contributed by atoms with E-state index in [1.807, 2.05) is 12.1 Å². The van der Waals surface area contributed by atoms with Crippen molar-refractivity contribution in [3.05, 3.63) is 29.8 Å². The van der Waals surface area contributed by atoms with Crippen LogP contribution in [0.25, 0.3) is 0 Å². The van der Waals surface area contributed by atoms with E-state index < -0.39 is 0 Å². The van der Waals surface area contributed by atoms with Gasteiger partial charge in [-0.25, -0.2) is 0 Å². The number of benzene rings is 1. The van der Waals surface area contributed by atoms with E-state index in [0.717, 1.165) is 6.42 Å². The summed E-state index contributed by atoms with van der Waals surface area (Å²) < 4.78 is 0. The molecule has 0 aliphatic heterocycles. The maximum absolute atomic E-state index is 9.28. The van der Waals surface area contributed by atoms with Gasteiger partial charge in [0.05, 0.1) is 0 Å². The molecular weight excluding hydrogens is 316 g/mol. The minimum absolute atomic E-state index is 0.371. The van der Waals surface area contributed by atoms with Gasteiger partial charge in [0, 0.05) is 0 Å². The van der Waals surface area contributed by atoms with Crippen molar-refractivity contribution >= 4 is 0 Å². The van der Waals surface area contributed by atoms with Crippen LogP contribution < -0.4 is 0 Å². The standard InChI is InChI=1S/C25H44O/c1-2-3-4-5-6-7-8-9-10-11-12-13-14-15-16-17-18-19-24-20-22-25(26)23-21-24/h20-23,26H,2-19H2,1H3. The Bertz CT molecular complexity index is 395. The normalized spacial score (nSPS) is 11.1. The second-order valence-electron chi connectivity index (χ2n) is 8.07. The molecule has 0 fully saturated rings. The summed E-state index contributed by atoms with van der Waals surface area (Å²) in [6, 6.07) is 7.68. The maximum Gasteiger partial charge on any atom is 0.115 e. The second kappa shape index (κ2) is 17.4. The van der Waals surface area contributed by atoms with Crippen LogP contribution in [0.5, 0.6) is 5.75 Å². The fraction of sp³-hybridized carbons (Fsp3) is 0.760. The lowest BCUT2D eigenvalue weighted by molar-refractivity contribution is 0.475. The highest BCUT2D eigenvalue weighted by molar-refractivity contribution is 5.25. The van der Waals surface area contributed by atoms with Crippen molar-refractivity contribution in [2.24, 2.45) is 0 Å². The van der Waals surface area contributed by atoms with Crippen LogP contribution in [0.4, 0.5) is 0 Å². The third-order valence-electron chi connectivity index (χ3n) is 5.51. The third-order valence-corrected chi connectivity index (χ3v) is 5.51. The van der Waals surface area contributed by atoms with Crippen molar-refractivity contribution in [1.29, 1.82) is 0 Å². The van der Waals surface area contributed by atoms with Crippen LogP contribution in [0.15, 0.2) is 24.3 Å². The second-order valence-corrected chi connectivity index (χ2v) is 8.07. The predicted octanol–water partition coefficient (Wildman–Crippen LogP) is 8.59. The van der Waals surface area contributed by atoms with E-state index in [1.54, 1.807) is 12.1 Å². The molecule has 0 aliphatic carbocycles. The van der Waals surface area contributed by atoms with E-state index in [2.05, 4.69) is 6.92 Å². The molecule has 0 radical (unpaired) electrons. The van der Waals surface area contributed by atoms with E-state index in [1.165, 1.54) is 115 Å². The minimum Gasteiger partial charge on any atom is -0.508 e. The molecule has 0 spiro atoms. The first-order valence-electron chi connectivity index (χ1n) is 11.6. The van der Waals surface area contributed by atoms with Crippen LogP contribution in [0.2, 0.25) is 0 Å². The van der Waals surface area contributed by atoms with Gasteiger partial charge in [-0.05, 0) is 30.5 Å². The van der Waals surface area contributed by atoms with Gasteiger partial charge in [0.2, 0.25) is 0 Å². The van der Waals surface area contributed by atoms with Gasteiger partial charge in [-0.3, -0.25) is 0 Å². The highest BCUT2D eigenvalue weighted by Crippen LogP contribution is 2.15. The summed E-state index contributed by atoms with van der Waals surface area (Å²) in [6.07, 6.45) is 25.4. The SMILES string of the molecule is CCCCCCCCCCCCCCCCCCCc1ccc(O)cc1. The molecule has 1 N–H and O–H groups in total. The Hall–Kier alpha value is -0.980. The average Bonchev–Trinajstić information content (AvgIpc) is 2.66. The fourth-order valence-electron chi connectivity index (χ4n) is 3.72. The number of aromatic hydroxyl groups is 1. The molecule has 0 unspecified atom stereocenters. The summed E-state index contributed by atoms with van der Waals surface area (Å²) in [5.41, 5.74) is 1.35. The Kier molecular flexibility index (Phi) is 15.5. The first-order chi connectivity index (χ1) is 12.8. The summed E-state index contributed by atoms with van der Waals surface area (Å²) in [5.74, 6) is 0.371. The van der Waals surface area contributed by atoms with Crippen LogP contribution in [0.3, 0.4) is 0 Å². The molecule has 0 aromatic heterocycles. The Morgan fingerprint density at radius 1 is 0.500 bits per heavy atom. The van der Waals surface area contributed by atoms with Crippen LogP contribution >= 0.6 is 0 Å². The fourth-order valence-corrected chi connectivity index (χ4v) is 3.72. The lowest BCUT2D eigenvalue weighted by atomic mass is 10.0. The van der Waals surface area contributed by atoms with E-state index in [0.29, 0.717) is 5.75 Å². The van der Waals surface area contributed by atoms with Crippen molar-refractivity contribution in [3.63, 3.8) is 0 Å². The minimum atomic E-state index is 0.371. The van der Waals surface area contributed by atoms with Crippen molar-refractivity contribution in [2.75, 3.05) is 0 Å². The summed E-state index contributed by atoms with van der Waals surface area (Å²) in [7, 11) is 0. The van der Waals surface area contributed by atoms with Gasteiger partial charge in [-0.15, -0.1) is 0 Å². The Labute approximate surface area is 163 Å². The molecule has 0 aliphatic rings. The Balaban J connectivity index is 1.72. The molecule has 0 amide bonds. The number of hydrogen-bond acceptors (Lipinski definition) is 1. The Morgan fingerprint density at radius 3 is 1.23 bits per heavy atom. The molecule has 1 nitrogen and oxygen atoms in total. The van der Waals surface area contributed by atoms with E-state index in [4.69, 9.17) is 0 Å². The topological polar surface area (TPSA) is 20.2 Å². The van der Waals surface area contributed by atoms with E-state index in [-0.39, 0.29) is 0 Å². The molecule has 150 valence electrons. The van der Waals surface area contributed by atoms with Gasteiger partial charge in [0.15, 0.2) is 0 Å². The molecule has 0 atom stereocenters. The lowest BCUT2D eigenvalue weighted by Crippen LogP contribution is -1.86. The predicted molar refractivity (Wildman–Crippen MR) is 116 cm³/mol. The number of rotatable bonds is 18. The smallest absolute Gasteiger partial charge is 0.115 e. The molecule has 0 saturated heterocycles. The van der Waals surface area contributed by atoms with Crippen molar-refractivity contribution in [1.82, 2.24) is 0 Å². The molecule has 1 heteroatoms. The van der Waals surface area contributed by atoms with Gasteiger partial charge in [0.1, 0.15) is 5.75 Å². The summed E-state index contributed by atoms with van der Waals surface area (Å²) in [6.45, 7) is 2.29. The van der Waals surface area contributed by atoms with Crippen molar-refractivity contribution in [2.45, 2.75) is 122 Å². The van der Waals surface area contributed by atoms with Crippen LogP contribution in [0, 0.1) is 0 Å². The number of phenolic OH excluding ortho intramolecular Hbond substituents is 1. The monoisotopic (exact) mass is 360 g/mol. The maximum atomic E-state index is 9.28. The highest BCUT2D eigenvalue weighted by Gasteiger charge is 1.96. The molecule has 1 aromatic rings. The third kappa shape index (κ3) is 14.2. The first kappa shape index (κ1) is 23.1. The molecule has 0 bridgehead atoms. The first-order valence-corrected chi connectivity index (χ1v) is 11.6. The van der Waals surface area contributed by atoms with Gasteiger partial charge in [0.25, 0.3) is 0 Å². The number of hydrogen-bond donors (Lipinski definition) is 1. The molecular formula is C25H44O. The molecule has 26 heavy (non-hydrogen) atoms. The zero-order valence-corrected chi connectivity index (χ0v) is 17.5. The van der Waals surface area contributed by atoms with Gasteiger partial charge in [-0.2, -0.15) is 0 Å². The highest BCUT2D eigenvalue weighted by atomic mass is 16.3. The molecule has 0 saturated carbocycles. The van der Waals surface area contributed by atoms with Crippen molar-refractivity contribution in [3.8, 4) is 5.75 Å². The number of phenols is 1. The summed E-state index contributed by atoms with van der Waals surface area (Å²) in [5, 5.41) is 9.28. The molecule has 1 aromatic carbocycles. The summed E-state index contributed by atoms with van der Waals surface area (Å²) >= 11 is 0. The van der Waals surface area contributed by atoms with Crippen LogP contribution in [-0.2, 0) is 6.42 Å². The van der Waals surface area contributed by atoms with Gasteiger partial charge in [-0.1, -0.05) is 122 Å².